The molecule has 1 amide bonds. The van der Waals surface area contributed by atoms with Gasteiger partial charge in [0.1, 0.15) is 5.75 Å². The maximum atomic E-state index is 13.0. The normalized spacial score (nSPS) is 16.1. The summed E-state index contributed by atoms with van der Waals surface area (Å²) in [4.78, 5) is 36.3. The number of hydrogen-bond donors (Lipinski definition) is 1. The van der Waals surface area contributed by atoms with Gasteiger partial charge < -0.3 is 15.0 Å². The van der Waals surface area contributed by atoms with E-state index >= 15 is 0 Å². The first-order chi connectivity index (χ1) is 15.1. The summed E-state index contributed by atoms with van der Waals surface area (Å²) < 4.78 is 6.86. The molecular formula is C23H25N5O3. The number of ether oxygens (including phenoxy) is 1. The van der Waals surface area contributed by atoms with E-state index in [0.29, 0.717) is 29.6 Å². The Kier molecular flexibility index (Phi) is 5.97. The molecule has 0 aliphatic carbocycles. The number of benzene rings is 1. The Hall–Kier alpha value is -3.68. The molecule has 160 valence electrons. The third-order valence-electron chi connectivity index (χ3n) is 5.53. The van der Waals surface area contributed by atoms with Crippen LogP contribution in [-0.2, 0) is 11.8 Å². The molecule has 1 aromatic carbocycles. The zero-order chi connectivity index (χ0) is 21.8. The number of carbonyl (C=O) groups is 1. The molecule has 0 spiro atoms. The Bertz CT molecular complexity index is 1130. The molecule has 31 heavy (non-hydrogen) atoms. The van der Waals surface area contributed by atoms with E-state index < -0.39 is 0 Å². The molecule has 0 radical (unpaired) electrons. The van der Waals surface area contributed by atoms with E-state index in [0.717, 1.165) is 24.9 Å². The van der Waals surface area contributed by atoms with Crippen LogP contribution >= 0.6 is 0 Å². The van der Waals surface area contributed by atoms with E-state index in [4.69, 9.17) is 9.72 Å². The molecule has 1 unspecified atom stereocenters. The number of nitrogens with one attached hydrogen (secondary N) is 1. The van der Waals surface area contributed by atoms with Gasteiger partial charge in [-0.05, 0) is 37.1 Å². The van der Waals surface area contributed by atoms with Gasteiger partial charge in [0.25, 0.3) is 5.56 Å². The van der Waals surface area contributed by atoms with E-state index in [1.54, 1.807) is 26.6 Å². The molecule has 2 aromatic heterocycles. The molecule has 1 aliphatic rings. The largest absolute Gasteiger partial charge is 0.495 e. The van der Waals surface area contributed by atoms with Gasteiger partial charge in [0.2, 0.25) is 11.9 Å². The fraction of sp³-hybridized carbons (Fsp3) is 0.304. The second kappa shape index (κ2) is 8.99. The first-order valence-electron chi connectivity index (χ1n) is 10.2. The maximum absolute atomic E-state index is 13.0. The predicted molar refractivity (Wildman–Crippen MR) is 119 cm³/mol. The first kappa shape index (κ1) is 20.6. The van der Waals surface area contributed by atoms with Crippen molar-refractivity contribution >= 4 is 17.5 Å². The Morgan fingerprint density at radius 1 is 1.19 bits per heavy atom. The molecule has 0 saturated carbocycles. The zero-order valence-electron chi connectivity index (χ0n) is 17.6. The highest BCUT2D eigenvalue weighted by Crippen LogP contribution is 2.27. The van der Waals surface area contributed by atoms with Gasteiger partial charge in [-0.1, -0.05) is 12.1 Å². The number of nitrogens with zero attached hydrogens (tertiary/aromatic N) is 4. The van der Waals surface area contributed by atoms with Gasteiger partial charge in [-0.25, -0.2) is 4.98 Å². The van der Waals surface area contributed by atoms with Crippen molar-refractivity contribution in [3.8, 4) is 17.0 Å². The van der Waals surface area contributed by atoms with E-state index in [2.05, 4.69) is 10.3 Å². The van der Waals surface area contributed by atoms with Crippen molar-refractivity contribution in [3.05, 3.63) is 65.2 Å². The third kappa shape index (κ3) is 4.42. The molecule has 1 saturated heterocycles. The monoisotopic (exact) mass is 419 g/mol. The smallest absolute Gasteiger partial charge is 0.255 e. The summed E-state index contributed by atoms with van der Waals surface area (Å²) in [5, 5.41) is 2.98. The second-order valence-electron chi connectivity index (χ2n) is 7.55. The minimum Gasteiger partial charge on any atom is -0.495 e. The average Bonchev–Trinajstić information content (AvgIpc) is 2.81. The molecule has 8 heteroatoms. The Balaban J connectivity index is 1.56. The van der Waals surface area contributed by atoms with Gasteiger partial charge in [0.15, 0.2) is 0 Å². The molecule has 1 aliphatic heterocycles. The maximum Gasteiger partial charge on any atom is 0.255 e. The molecule has 1 atom stereocenters. The van der Waals surface area contributed by atoms with Crippen LogP contribution in [-0.4, -0.2) is 40.6 Å². The molecule has 4 rings (SSSR count). The second-order valence-corrected chi connectivity index (χ2v) is 7.55. The molecule has 8 nitrogen and oxygen atoms in total. The number of hydrogen-bond acceptors (Lipinski definition) is 6. The SMILES string of the molecule is COc1ccccc1NC(=O)C1CCCN(c2nc(-c3ccncc3)cc(=O)n2C)C1. The molecule has 1 N–H and O–H groups in total. The van der Waals surface area contributed by atoms with Crippen molar-refractivity contribution in [3.63, 3.8) is 0 Å². The van der Waals surface area contributed by atoms with Crippen molar-refractivity contribution in [1.82, 2.24) is 14.5 Å². The highest BCUT2D eigenvalue weighted by atomic mass is 16.5. The quantitative estimate of drug-likeness (QED) is 0.684. The van der Waals surface area contributed by atoms with Crippen LogP contribution in [0.15, 0.2) is 59.7 Å². The first-order valence-corrected chi connectivity index (χ1v) is 10.2. The molecule has 3 heterocycles. The van der Waals surface area contributed by atoms with Crippen molar-refractivity contribution < 1.29 is 9.53 Å². The predicted octanol–water partition coefficient (Wildman–Crippen LogP) is 2.71. The van der Waals surface area contributed by atoms with E-state index in [9.17, 15) is 9.59 Å². The number of pyridine rings is 1. The third-order valence-corrected chi connectivity index (χ3v) is 5.53. The van der Waals surface area contributed by atoms with Gasteiger partial charge in [0, 0.05) is 44.2 Å². The van der Waals surface area contributed by atoms with Crippen molar-refractivity contribution in [2.45, 2.75) is 12.8 Å². The van der Waals surface area contributed by atoms with Gasteiger partial charge in [-0.15, -0.1) is 0 Å². The van der Waals surface area contributed by atoms with Crippen LogP contribution in [0.1, 0.15) is 12.8 Å². The molecular weight excluding hydrogens is 394 g/mol. The van der Waals surface area contributed by atoms with Crippen molar-refractivity contribution in [2.24, 2.45) is 13.0 Å². The lowest BCUT2D eigenvalue weighted by molar-refractivity contribution is -0.120. The van der Waals surface area contributed by atoms with E-state index in [1.807, 2.05) is 41.3 Å². The Labute approximate surface area is 180 Å². The summed E-state index contributed by atoms with van der Waals surface area (Å²) in [6, 6.07) is 12.5. The number of carbonyl (C=O) groups excluding carboxylic acids is 1. The van der Waals surface area contributed by atoms with Crippen LogP contribution in [0.2, 0.25) is 0 Å². The summed E-state index contributed by atoms with van der Waals surface area (Å²) in [5.41, 5.74) is 1.94. The molecule has 0 bridgehead atoms. The van der Waals surface area contributed by atoms with Crippen LogP contribution in [0, 0.1) is 5.92 Å². The van der Waals surface area contributed by atoms with Gasteiger partial charge >= 0.3 is 0 Å². The fourth-order valence-electron chi connectivity index (χ4n) is 3.84. The lowest BCUT2D eigenvalue weighted by Crippen LogP contribution is -2.43. The topological polar surface area (TPSA) is 89.3 Å². The summed E-state index contributed by atoms with van der Waals surface area (Å²) in [6.07, 6.45) is 4.95. The summed E-state index contributed by atoms with van der Waals surface area (Å²) in [6.45, 7) is 1.22. The lowest BCUT2D eigenvalue weighted by Gasteiger charge is -2.33. The summed E-state index contributed by atoms with van der Waals surface area (Å²) in [7, 11) is 3.29. The lowest BCUT2D eigenvalue weighted by atomic mass is 9.97. The number of methoxy groups -OCH3 is 1. The summed E-state index contributed by atoms with van der Waals surface area (Å²) >= 11 is 0. The van der Waals surface area contributed by atoms with Crippen molar-refractivity contribution in [1.29, 1.82) is 0 Å². The van der Waals surface area contributed by atoms with Gasteiger partial charge in [-0.3, -0.25) is 19.1 Å². The average molecular weight is 419 g/mol. The number of anilines is 2. The minimum absolute atomic E-state index is 0.0653. The van der Waals surface area contributed by atoms with E-state index in [1.165, 1.54) is 10.6 Å². The number of amides is 1. The molecule has 3 aromatic rings. The van der Waals surface area contributed by atoms with Gasteiger partial charge in [0.05, 0.1) is 24.4 Å². The fourth-order valence-corrected chi connectivity index (χ4v) is 3.84. The highest BCUT2D eigenvalue weighted by molar-refractivity contribution is 5.94. The Morgan fingerprint density at radius 2 is 1.97 bits per heavy atom. The number of para-hydroxylation sites is 2. The zero-order valence-corrected chi connectivity index (χ0v) is 17.6. The van der Waals surface area contributed by atoms with Crippen LogP contribution in [0.25, 0.3) is 11.3 Å². The van der Waals surface area contributed by atoms with Crippen LogP contribution in [0.5, 0.6) is 5.75 Å². The van der Waals surface area contributed by atoms with Crippen LogP contribution in [0.3, 0.4) is 0 Å². The standard InChI is InChI=1S/C23H25N5O3/c1-27-21(29)14-19(16-9-11-24-12-10-16)26-23(27)28-13-5-6-17(15-28)22(30)25-18-7-3-4-8-20(18)31-2/h3-4,7-12,14,17H,5-6,13,15H2,1-2H3,(H,25,30). The van der Waals surface area contributed by atoms with E-state index in [-0.39, 0.29) is 17.4 Å². The van der Waals surface area contributed by atoms with Crippen LogP contribution < -0.4 is 20.5 Å². The highest BCUT2D eigenvalue weighted by Gasteiger charge is 2.28. The number of rotatable bonds is 5. The number of aromatic nitrogens is 3. The number of piperidine rings is 1. The molecule has 1 fully saturated rings. The summed E-state index contributed by atoms with van der Waals surface area (Å²) in [5.74, 6) is 0.899. The minimum atomic E-state index is -0.222. The van der Waals surface area contributed by atoms with Gasteiger partial charge in [-0.2, -0.15) is 0 Å². The van der Waals surface area contributed by atoms with Crippen LogP contribution in [0.4, 0.5) is 11.6 Å². The van der Waals surface area contributed by atoms with Crippen molar-refractivity contribution in [2.75, 3.05) is 30.4 Å². The Morgan fingerprint density at radius 3 is 2.74 bits per heavy atom.